The maximum absolute atomic E-state index is 12.4. The van der Waals surface area contributed by atoms with Crippen molar-refractivity contribution in [3.8, 4) is 5.75 Å². The molecule has 0 bridgehead atoms. The molecule has 0 saturated carbocycles. The molecule has 0 saturated heterocycles. The van der Waals surface area contributed by atoms with Gasteiger partial charge in [-0.15, -0.1) is 0 Å². The van der Waals surface area contributed by atoms with Crippen molar-refractivity contribution in [1.29, 1.82) is 0 Å². The van der Waals surface area contributed by atoms with Gasteiger partial charge in [0.1, 0.15) is 23.9 Å². The topological polar surface area (TPSA) is 57.3 Å². The SMILES string of the molecule is Cc1cccc(Cl)c1OCc1ccc(/C=C/C(=O)c2c(C)nn(C)c2C)o1. The first-order valence-corrected chi connectivity index (χ1v) is 8.94. The van der Waals surface area contributed by atoms with Crippen LogP contribution in [0.1, 0.15) is 38.8 Å². The molecule has 0 atom stereocenters. The Morgan fingerprint density at radius 3 is 2.70 bits per heavy atom. The molecular formula is C21H21ClN2O3. The molecule has 0 aliphatic rings. The smallest absolute Gasteiger partial charge is 0.189 e. The number of allylic oxidation sites excluding steroid dienone is 1. The van der Waals surface area contributed by atoms with Crippen molar-refractivity contribution < 1.29 is 13.9 Å². The zero-order valence-electron chi connectivity index (χ0n) is 15.7. The highest BCUT2D eigenvalue weighted by Crippen LogP contribution is 2.28. The van der Waals surface area contributed by atoms with Crippen LogP contribution in [0, 0.1) is 20.8 Å². The van der Waals surface area contributed by atoms with Gasteiger partial charge in [-0.25, -0.2) is 0 Å². The number of benzene rings is 1. The first kappa shape index (κ1) is 19.0. The maximum atomic E-state index is 12.4. The van der Waals surface area contributed by atoms with Gasteiger partial charge in [-0.2, -0.15) is 5.10 Å². The predicted octanol–water partition coefficient (Wildman–Crippen LogP) is 5.07. The van der Waals surface area contributed by atoms with E-state index >= 15 is 0 Å². The largest absolute Gasteiger partial charge is 0.484 e. The highest BCUT2D eigenvalue weighted by molar-refractivity contribution is 6.32. The number of halogens is 1. The van der Waals surface area contributed by atoms with Crippen LogP contribution in [0.3, 0.4) is 0 Å². The van der Waals surface area contributed by atoms with Gasteiger partial charge < -0.3 is 9.15 Å². The fourth-order valence-corrected chi connectivity index (χ4v) is 3.15. The van der Waals surface area contributed by atoms with E-state index in [1.807, 2.05) is 46.0 Å². The molecule has 6 heteroatoms. The summed E-state index contributed by atoms with van der Waals surface area (Å²) in [5.41, 5.74) is 3.14. The molecule has 0 N–H and O–H groups in total. The molecule has 0 amide bonds. The summed E-state index contributed by atoms with van der Waals surface area (Å²) in [6.45, 7) is 5.89. The van der Waals surface area contributed by atoms with E-state index in [4.69, 9.17) is 20.8 Å². The molecule has 5 nitrogen and oxygen atoms in total. The maximum Gasteiger partial charge on any atom is 0.189 e. The minimum absolute atomic E-state index is 0.0982. The third-order valence-electron chi connectivity index (χ3n) is 4.36. The van der Waals surface area contributed by atoms with E-state index in [2.05, 4.69) is 5.10 Å². The first-order valence-electron chi connectivity index (χ1n) is 8.56. The van der Waals surface area contributed by atoms with Crippen molar-refractivity contribution >= 4 is 23.5 Å². The van der Waals surface area contributed by atoms with Crippen LogP contribution in [0.5, 0.6) is 5.75 Å². The van der Waals surface area contributed by atoms with Crippen LogP contribution in [-0.4, -0.2) is 15.6 Å². The Morgan fingerprint density at radius 2 is 2.04 bits per heavy atom. The molecule has 0 unspecified atom stereocenters. The summed E-state index contributed by atoms with van der Waals surface area (Å²) in [7, 11) is 1.82. The first-order chi connectivity index (χ1) is 12.9. The fraction of sp³-hybridized carbons (Fsp3) is 0.238. The van der Waals surface area contributed by atoms with Gasteiger partial charge in [-0.05, 0) is 56.7 Å². The lowest BCUT2D eigenvalue weighted by molar-refractivity contribution is 0.104. The standard InChI is InChI=1S/C21H21ClN2O3/c1-13-6-5-7-18(22)21(13)26-12-17-9-8-16(27-17)10-11-19(25)20-14(2)23-24(4)15(20)3/h5-11H,12H2,1-4H3/b11-10+. The quantitative estimate of drug-likeness (QED) is 0.440. The molecular weight excluding hydrogens is 364 g/mol. The molecule has 27 heavy (non-hydrogen) atoms. The van der Waals surface area contributed by atoms with Crippen LogP contribution in [0.2, 0.25) is 5.02 Å². The predicted molar refractivity (Wildman–Crippen MR) is 105 cm³/mol. The molecule has 2 heterocycles. The number of carbonyl (C=O) groups is 1. The number of rotatable bonds is 6. The van der Waals surface area contributed by atoms with Crippen LogP contribution >= 0.6 is 11.6 Å². The highest BCUT2D eigenvalue weighted by atomic mass is 35.5. The second-order valence-electron chi connectivity index (χ2n) is 6.35. The van der Waals surface area contributed by atoms with Crippen molar-refractivity contribution in [3.05, 3.63) is 75.5 Å². The van der Waals surface area contributed by atoms with Gasteiger partial charge in [0, 0.05) is 12.7 Å². The van der Waals surface area contributed by atoms with Crippen molar-refractivity contribution in [2.75, 3.05) is 0 Å². The molecule has 0 radical (unpaired) electrons. The molecule has 0 aliphatic heterocycles. The Kier molecular flexibility index (Phi) is 5.51. The van der Waals surface area contributed by atoms with Gasteiger partial charge in [0.25, 0.3) is 0 Å². The third kappa shape index (κ3) is 4.14. The molecule has 3 rings (SSSR count). The molecule has 1 aromatic carbocycles. The Bertz CT molecular complexity index is 994. The average Bonchev–Trinajstić information content (AvgIpc) is 3.17. The van der Waals surface area contributed by atoms with Crippen molar-refractivity contribution in [3.63, 3.8) is 0 Å². The number of hydrogen-bond acceptors (Lipinski definition) is 4. The Labute approximate surface area is 163 Å². The van der Waals surface area contributed by atoms with Gasteiger partial charge in [0.05, 0.1) is 16.3 Å². The minimum atomic E-state index is -0.0982. The summed E-state index contributed by atoms with van der Waals surface area (Å²) < 4.78 is 13.2. The number of hydrogen-bond donors (Lipinski definition) is 0. The molecule has 0 aliphatic carbocycles. The Morgan fingerprint density at radius 1 is 1.26 bits per heavy atom. The summed E-state index contributed by atoms with van der Waals surface area (Å²) in [5, 5.41) is 4.83. The minimum Gasteiger partial charge on any atom is -0.484 e. The van der Waals surface area contributed by atoms with Gasteiger partial charge in [0.15, 0.2) is 5.78 Å². The molecule has 0 spiro atoms. The summed E-state index contributed by atoms with van der Waals surface area (Å²) in [6.07, 6.45) is 3.15. The van der Waals surface area contributed by atoms with Crippen LogP contribution in [0.15, 0.2) is 40.8 Å². The summed E-state index contributed by atoms with van der Waals surface area (Å²) in [4.78, 5) is 12.4. The molecule has 0 fully saturated rings. The second-order valence-corrected chi connectivity index (χ2v) is 6.75. The lowest BCUT2D eigenvalue weighted by Gasteiger charge is -2.09. The number of carbonyl (C=O) groups excluding carboxylic acids is 1. The Hall–Kier alpha value is -2.79. The van der Waals surface area contributed by atoms with Crippen molar-refractivity contribution in [2.45, 2.75) is 27.4 Å². The number of furan rings is 1. The normalized spacial score (nSPS) is 11.3. The zero-order valence-corrected chi connectivity index (χ0v) is 16.5. The van der Waals surface area contributed by atoms with E-state index in [0.29, 0.717) is 33.6 Å². The van der Waals surface area contributed by atoms with E-state index in [9.17, 15) is 4.79 Å². The summed E-state index contributed by atoms with van der Waals surface area (Å²) >= 11 is 6.16. The van der Waals surface area contributed by atoms with Crippen LogP contribution in [0.4, 0.5) is 0 Å². The zero-order chi connectivity index (χ0) is 19.6. The van der Waals surface area contributed by atoms with Gasteiger partial charge in [-0.1, -0.05) is 23.7 Å². The summed E-state index contributed by atoms with van der Waals surface area (Å²) in [5.74, 6) is 1.77. The molecule has 2 aromatic heterocycles. The number of para-hydroxylation sites is 1. The van der Waals surface area contributed by atoms with E-state index < -0.39 is 0 Å². The van der Waals surface area contributed by atoms with Gasteiger partial charge >= 0.3 is 0 Å². The number of ether oxygens (including phenoxy) is 1. The number of ketones is 1. The van der Waals surface area contributed by atoms with E-state index in [-0.39, 0.29) is 12.4 Å². The van der Waals surface area contributed by atoms with E-state index in [1.54, 1.807) is 22.9 Å². The van der Waals surface area contributed by atoms with Gasteiger partial charge in [-0.3, -0.25) is 9.48 Å². The highest BCUT2D eigenvalue weighted by Gasteiger charge is 2.15. The lowest BCUT2D eigenvalue weighted by atomic mass is 10.1. The number of aryl methyl sites for hydroxylation is 3. The lowest BCUT2D eigenvalue weighted by Crippen LogP contribution is -1.99. The van der Waals surface area contributed by atoms with Crippen LogP contribution in [0.25, 0.3) is 6.08 Å². The van der Waals surface area contributed by atoms with Crippen molar-refractivity contribution in [1.82, 2.24) is 9.78 Å². The molecule has 3 aromatic rings. The Balaban J connectivity index is 1.67. The average molecular weight is 385 g/mol. The number of aromatic nitrogens is 2. The van der Waals surface area contributed by atoms with Crippen LogP contribution < -0.4 is 4.74 Å². The van der Waals surface area contributed by atoms with Crippen molar-refractivity contribution in [2.24, 2.45) is 7.05 Å². The second kappa shape index (κ2) is 7.84. The fourth-order valence-electron chi connectivity index (χ4n) is 2.88. The third-order valence-corrected chi connectivity index (χ3v) is 4.66. The monoisotopic (exact) mass is 384 g/mol. The van der Waals surface area contributed by atoms with Crippen LogP contribution in [-0.2, 0) is 13.7 Å². The summed E-state index contributed by atoms with van der Waals surface area (Å²) in [6, 6.07) is 9.21. The molecule has 140 valence electrons. The number of nitrogens with zero attached hydrogens (tertiary/aromatic N) is 2. The van der Waals surface area contributed by atoms with Gasteiger partial charge in [0.2, 0.25) is 0 Å². The van der Waals surface area contributed by atoms with E-state index in [0.717, 1.165) is 11.3 Å². The van der Waals surface area contributed by atoms with E-state index in [1.165, 1.54) is 6.08 Å².